The normalized spacial score (nSPS) is 11.0. The van der Waals surface area contributed by atoms with Crippen molar-refractivity contribution in [2.45, 2.75) is 6.42 Å². The van der Waals surface area contributed by atoms with Gasteiger partial charge in [-0.2, -0.15) is 0 Å². The molecular formula is C21H15F2N3O2. The molecule has 4 aromatic rings. The van der Waals surface area contributed by atoms with Crippen LogP contribution in [-0.2, 0) is 6.42 Å². The quantitative estimate of drug-likeness (QED) is 0.585. The van der Waals surface area contributed by atoms with Gasteiger partial charge in [0.1, 0.15) is 23.2 Å². The van der Waals surface area contributed by atoms with Crippen LogP contribution in [0.1, 0.15) is 11.4 Å². The van der Waals surface area contributed by atoms with Crippen LogP contribution in [0.4, 0.5) is 8.78 Å². The van der Waals surface area contributed by atoms with Gasteiger partial charge < -0.3 is 9.72 Å². The summed E-state index contributed by atoms with van der Waals surface area (Å²) in [6.45, 7) is 0. The van der Waals surface area contributed by atoms with Gasteiger partial charge >= 0.3 is 0 Å². The van der Waals surface area contributed by atoms with Gasteiger partial charge in [0.05, 0.1) is 23.7 Å². The van der Waals surface area contributed by atoms with E-state index in [9.17, 15) is 13.6 Å². The zero-order valence-corrected chi connectivity index (χ0v) is 14.9. The van der Waals surface area contributed by atoms with E-state index in [0.717, 1.165) is 11.6 Å². The molecule has 2 aromatic heterocycles. The lowest BCUT2D eigenvalue weighted by molar-refractivity contribution is 0.415. The molecule has 5 nitrogen and oxygen atoms in total. The van der Waals surface area contributed by atoms with Crippen molar-refractivity contribution in [3.63, 3.8) is 0 Å². The first-order valence-corrected chi connectivity index (χ1v) is 8.50. The number of aromatic nitrogens is 3. The Morgan fingerprint density at radius 1 is 1.04 bits per heavy atom. The first kappa shape index (κ1) is 17.8. The number of nitrogens with one attached hydrogen (secondary N) is 1. The SMILES string of the molecule is COc1ccc2nc(Cc3ccc(-c4cc(F)cc(F)c4)nc3)[nH]c(=O)c2c1. The molecule has 2 heterocycles. The van der Waals surface area contributed by atoms with Gasteiger partial charge in [0.15, 0.2) is 0 Å². The van der Waals surface area contributed by atoms with E-state index in [2.05, 4.69) is 15.0 Å². The highest BCUT2D eigenvalue weighted by atomic mass is 19.1. The highest BCUT2D eigenvalue weighted by molar-refractivity contribution is 5.79. The van der Waals surface area contributed by atoms with Crippen LogP contribution < -0.4 is 10.3 Å². The Hall–Kier alpha value is -3.61. The zero-order chi connectivity index (χ0) is 19.7. The summed E-state index contributed by atoms with van der Waals surface area (Å²) in [6.07, 6.45) is 1.96. The third-order valence-corrected chi connectivity index (χ3v) is 4.32. The first-order chi connectivity index (χ1) is 13.5. The molecule has 1 N–H and O–H groups in total. The van der Waals surface area contributed by atoms with Crippen LogP contribution in [0.3, 0.4) is 0 Å². The lowest BCUT2D eigenvalue weighted by atomic mass is 10.1. The molecule has 0 aliphatic rings. The van der Waals surface area contributed by atoms with E-state index in [4.69, 9.17) is 4.74 Å². The van der Waals surface area contributed by atoms with Crippen molar-refractivity contribution in [3.8, 4) is 17.0 Å². The molecule has 7 heteroatoms. The minimum Gasteiger partial charge on any atom is -0.497 e. The van der Waals surface area contributed by atoms with Crippen molar-refractivity contribution in [2.75, 3.05) is 7.11 Å². The molecule has 4 rings (SSSR count). The van der Waals surface area contributed by atoms with Gasteiger partial charge in [-0.1, -0.05) is 6.07 Å². The fourth-order valence-electron chi connectivity index (χ4n) is 2.97. The van der Waals surface area contributed by atoms with Crippen molar-refractivity contribution < 1.29 is 13.5 Å². The van der Waals surface area contributed by atoms with Crippen molar-refractivity contribution in [2.24, 2.45) is 0 Å². The second-order valence-electron chi connectivity index (χ2n) is 6.28. The average Bonchev–Trinajstić information content (AvgIpc) is 2.67. The number of nitrogens with zero attached hydrogens (tertiary/aromatic N) is 2. The molecule has 0 spiro atoms. The number of pyridine rings is 1. The molecule has 0 bridgehead atoms. The Morgan fingerprint density at radius 2 is 1.82 bits per heavy atom. The van der Waals surface area contributed by atoms with Crippen LogP contribution in [0.25, 0.3) is 22.2 Å². The van der Waals surface area contributed by atoms with Crippen molar-refractivity contribution in [1.82, 2.24) is 15.0 Å². The first-order valence-electron chi connectivity index (χ1n) is 8.50. The molecular weight excluding hydrogens is 364 g/mol. The number of fused-ring (bicyclic) bond motifs is 1. The van der Waals surface area contributed by atoms with Crippen molar-refractivity contribution in [1.29, 1.82) is 0 Å². The fraction of sp³-hybridized carbons (Fsp3) is 0.0952. The zero-order valence-electron chi connectivity index (χ0n) is 14.9. The van der Waals surface area contributed by atoms with Gasteiger partial charge in [-0.05, 0) is 42.0 Å². The second kappa shape index (κ2) is 7.19. The number of H-pyrrole nitrogens is 1. The lowest BCUT2D eigenvalue weighted by Crippen LogP contribution is -2.12. The highest BCUT2D eigenvalue weighted by Crippen LogP contribution is 2.21. The molecule has 0 fully saturated rings. The summed E-state index contributed by atoms with van der Waals surface area (Å²) in [5.74, 6) is -0.235. The summed E-state index contributed by atoms with van der Waals surface area (Å²) < 4.78 is 31.9. The molecule has 0 aliphatic heterocycles. The molecule has 140 valence electrons. The predicted octanol–water partition coefficient (Wildman–Crippen LogP) is 3.86. The van der Waals surface area contributed by atoms with Gasteiger partial charge in [-0.25, -0.2) is 13.8 Å². The van der Waals surface area contributed by atoms with Gasteiger partial charge in [0.2, 0.25) is 0 Å². The monoisotopic (exact) mass is 379 g/mol. The summed E-state index contributed by atoms with van der Waals surface area (Å²) in [5, 5.41) is 0.449. The second-order valence-corrected chi connectivity index (χ2v) is 6.28. The third kappa shape index (κ3) is 3.59. The molecule has 0 saturated heterocycles. The smallest absolute Gasteiger partial charge is 0.258 e. The Balaban J connectivity index is 1.61. The van der Waals surface area contributed by atoms with Gasteiger partial charge in [0.25, 0.3) is 5.56 Å². The van der Waals surface area contributed by atoms with E-state index in [0.29, 0.717) is 40.2 Å². The summed E-state index contributed by atoms with van der Waals surface area (Å²) in [5.41, 5.74) is 1.93. The fourth-order valence-corrected chi connectivity index (χ4v) is 2.97. The predicted molar refractivity (Wildman–Crippen MR) is 101 cm³/mol. The largest absolute Gasteiger partial charge is 0.497 e. The van der Waals surface area contributed by atoms with Crippen LogP contribution in [-0.4, -0.2) is 22.1 Å². The van der Waals surface area contributed by atoms with E-state index < -0.39 is 11.6 Å². The van der Waals surface area contributed by atoms with E-state index in [1.54, 1.807) is 36.5 Å². The molecule has 0 aliphatic carbocycles. The van der Waals surface area contributed by atoms with E-state index in [1.807, 2.05) is 0 Å². The third-order valence-electron chi connectivity index (χ3n) is 4.32. The van der Waals surface area contributed by atoms with Crippen molar-refractivity contribution in [3.05, 3.63) is 88.1 Å². The van der Waals surface area contributed by atoms with Gasteiger partial charge in [-0.15, -0.1) is 0 Å². The molecule has 0 radical (unpaired) electrons. The van der Waals surface area contributed by atoms with Gasteiger partial charge in [0, 0.05) is 24.2 Å². The van der Waals surface area contributed by atoms with Crippen LogP contribution >= 0.6 is 0 Å². The Morgan fingerprint density at radius 3 is 2.50 bits per heavy atom. The Labute approximate surface area is 158 Å². The minimum absolute atomic E-state index is 0.251. The average molecular weight is 379 g/mol. The Bertz CT molecular complexity index is 1200. The van der Waals surface area contributed by atoms with E-state index in [1.165, 1.54) is 19.2 Å². The number of ether oxygens (including phenoxy) is 1. The maximum Gasteiger partial charge on any atom is 0.258 e. The summed E-state index contributed by atoms with van der Waals surface area (Å²) in [6, 6.07) is 11.8. The van der Waals surface area contributed by atoms with E-state index >= 15 is 0 Å². The Kier molecular flexibility index (Phi) is 4.57. The summed E-state index contributed by atoms with van der Waals surface area (Å²) in [4.78, 5) is 23.8. The number of halogens is 2. The number of hydrogen-bond donors (Lipinski definition) is 1. The molecule has 0 atom stereocenters. The number of aromatic amines is 1. The van der Waals surface area contributed by atoms with Crippen LogP contribution in [0.5, 0.6) is 5.75 Å². The number of benzene rings is 2. The number of methoxy groups -OCH3 is 1. The highest BCUT2D eigenvalue weighted by Gasteiger charge is 2.08. The van der Waals surface area contributed by atoms with Crippen LogP contribution in [0.15, 0.2) is 59.5 Å². The topological polar surface area (TPSA) is 67.9 Å². The minimum atomic E-state index is -0.657. The molecule has 0 amide bonds. The molecule has 0 unspecified atom stereocenters. The van der Waals surface area contributed by atoms with Crippen molar-refractivity contribution >= 4 is 10.9 Å². The summed E-state index contributed by atoms with van der Waals surface area (Å²) >= 11 is 0. The number of rotatable bonds is 4. The van der Waals surface area contributed by atoms with E-state index in [-0.39, 0.29) is 5.56 Å². The molecule has 2 aromatic carbocycles. The van der Waals surface area contributed by atoms with Crippen LogP contribution in [0, 0.1) is 11.6 Å². The maximum absolute atomic E-state index is 13.4. The molecule has 0 saturated carbocycles. The number of hydrogen-bond acceptors (Lipinski definition) is 4. The van der Waals surface area contributed by atoms with Gasteiger partial charge in [-0.3, -0.25) is 9.78 Å². The lowest BCUT2D eigenvalue weighted by Gasteiger charge is -2.06. The maximum atomic E-state index is 13.4. The summed E-state index contributed by atoms with van der Waals surface area (Å²) in [7, 11) is 1.53. The molecule has 28 heavy (non-hydrogen) atoms. The standard InChI is InChI=1S/C21H15F2N3O2/c1-28-16-3-5-19-17(10-16)21(27)26-20(25-19)6-12-2-4-18(24-11-12)13-7-14(22)9-15(23)8-13/h2-5,7-11H,6H2,1H3,(H,25,26,27). The van der Waals surface area contributed by atoms with Crippen LogP contribution in [0.2, 0.25) is 0 Å².